The van der Waals surface area contributed by atoms with Gasteiger partial charge in [0.2, 0.25) is 0 Å². The Morgan fingerprint density at radius 3 is 2.36 bits per heavy atom. The van der Waals surface area contributed by atoms with Crippen molar-refractivity contribution in [3.05, 3.63) is 0 Å². The highest BCUT2D eigenvalue weighted by Crippen LogP contribution is 2.35. The van der Waals surface area contributed by atoms with Crippen LogP contribution in [0.4, 0.5) is 8.78 Å². The average molecular weight is 165 g/mol. The van der Waals surface area contributed by atoms with Gasteiger partial charge in [0.05, 0.1) is 6.54 Å². The first-order chi connectivity index (χ1) is 5.08. The predicted octanol–water partition coefficient (Wildman–Crippen LogP) is 0.741. The Balaban J connectivity index is 2.44. The number of rotatable bonds is 3. The average Bonchev–Trinajstić information content (AvgIpc) is 1.84. The highest BCUT2D eigenvalue weighted by atomic mass is 19.3. The summed E-state index contributed by atoms with van der Waals surface area (Å²) in [4.78, 5) is 0. The van der Waals surface area contributed by atoms with Crippen LogP contribution < -0.4 is 5.73 Å². The summed E-state index contributed by atoms with van der Waals surface area (Å²) in [6.45, 7) is -0.759. The molecule has 1 unspecified atom stereocenters. The van der Waals surface area contributed by atoms with Gasteiger partial charge in [-0.2, -0.15) is 0 Å². The van der Waals surface area contributed by atoms with E-state index >= 15 is 0 Å². The van der Waals surface area contributed by atoms with Crippen molar-refractivity contribution >= 4 is 0 Å². The fraction of sp³-hybridized carbons (Fsp3) is 1.00. The van der Waals surface area contributed by atoms with Gasteiger partial charge in [-0.25, -0.2) is 8.78 Å². The lowest BCUT2D eigenvalue weighted by molar-refractivity contribution is -0.136. The van der Waals surface area contributed by atoms with Gasteiger partial charge >= 0.3 is 0 Å². The number of alkyl halides is 2. The minimum absolute atomic E-state index is 0.228. The van der Waals surface area contributed by atoms with Crippen LogP contribution in [-0.4, -0.2) is 23.7 Å². The Kier molecular flexibility index (Phi) is 2.44. The largest absolute Gasteiger partial charge is 0.387 e. The van der Waals surface area contributed by atoms with E-state index in [4.69, 9.17) is 10.8 Å². The van der Waals surface area contributed by atoms with Gasteiger partial charge in [0, 0.05) is 0 Å². The van der Waals surface area contributed by atoms with Crippen LogP contribution in [0, 0.1) is 5.92 Å². The summed E-state index contributed by atoms with van der Waals surface area (Å²) in [6, 6.07) is 0. The van der Waals surface area contributed by atoms with Crippen molar-refractivity contribution in [1.29, 1.82) is 0 Å². The molecule has 66 valence electrons. The van der Waals surface area contributed by atoms with Crippen LogP contribution in [0.25, 0.3) is 0 Å². The zero-order chi connectivity index (χ0) is 8.48. The molecule has 2 nitrogen and oxygen atoms in total. The smallest absolute Gasteiger partial charge is 0.285 e. The summed E-state index contributed by atoms with van der Waals surface area (Å²) in [5, 5.41) is 9.07. The molecule has 1 aliphatic rings. The van der Waals surface area contributed by atoms with Crippen molar-refractivity contribution in [1.82, 2.24) is 0 Å². The zero-order valence-corrected chi connectivity index (χ0v) is 6.26. The summed E-state index contributed by atoms with van der Waals surface area (Å²) >= 11 is 0. The maximum absolute atomic E-state index is 12.6. The van der Waals surface area contributed by atoms with E-state index in [0.29, 0.717) is 12.8 Å². The fourth-order valence-electron chi connectivity index (χ4n) is 1.22. The lowest BCUT2D eigenvalue weighted by Crippen LogP contribution is -2.46. The van der Waals surface area contributed by atoms with Gasteiger partial charge in [0.1, 0.15) is 6.10 Å². The second-order valence-electron chi connectivity index (χ2n) is 3.10. The minimum atomic E-state index is -3.09. The Bertz CT molecular complexity index is 136. The third kappa shape index (κ3) is 1.68. The number of aliphatic hydroxyl groups is 1. The van der Waals surface area contributed by atoms with E-state index in [-0.39, 0.29) is 5.92 Å². The first-order valence-electron chi connectivity index (χ1n) is 3.84. The van der Waals surface area contributed by atoms with Crippen LogP contribution >= 0.6 is 0 Å². The second kappa shape index (κ2) is 3.03. The molecule has 0 aromatic rings. The summed E-state index contributed by atoms with van der Waals surface area (Å²) in [5.74, 6) is -3.32. The van der Waals surface area contributed by atoms with Gasteiger partial charge in [-0.05, 0) is 18.8 Å². The maximum atomic E-state index is 12.6. The Morgan fingerprint density at radius 1 is 1.55 bits per heavy atom. The monoisotopic (exact) mass is 165 g/mol. The molecule has 1 saturated carbocycles. The Labute approximate surface area is 64.4 Å². The Morgan fingerprint density at radius 2 is 2.09 bits per heavy atom. The van der Waals surface area contributed by atoms with Crippen molar-refractivity contribution in [3.8, 4) is 0 Å². The predicted molar refractivity (Wildman–Crippen MR) is 37.3 cm³/mol. The van der Waals surface area contributed by atoms with E-state index in [0.717, 1.165) is 6.42 Å². The number of nitrogens with two attached hydrogens (primary N) is 1. The number of aliphatic hydroxyl groups excluding tert-OH is 1. The molecule has 0 bridgehead atoms. The number of halogens is 2. The standard InChI is InChI=1S/C7H13F2NO/c8-7(9,4-10)6(11)5-2-1-3-5/h5-6,11H,1-4,10H2. The summed E-state index contributed by atoms with van der Waals surface area (Å²) in [6.07, 6.45) is 0.830. The quantitative estimate of drug-likeness (QED) is 0.648. The highest BCUT2D eigenvalue weighted by Gasteiger charge is 2.43. The second-order valence-corrected chi connectivity index (χ2v) is 3.10. The van der Waals surface area contributed by atoms with Gasteiger partial charge in [-0.1, -0.05) is 6.42 Å². The number of hydrogen-bond donors (Lipinski definition) is 2. The molecular weight excluding hydrogens is 152 g/mol. The van der Waals surface area contributed by atoms with Gasteiger partial charge < -0.3 is 10.8 Å². The van der Waals surface area contributed by atoms with Gasteiger partial charge in [-0.3, -0.25) is 0 Å². The molecule has 0 aliphatic heterocycles. The van der Waals surface area contributed by atoms with Crippen LogP contribution in [0.3, 0.4) is 0 Å². The molecular formula is C7H13F2NO. The molecule has 0 aromatic carbocycles. The molecule has 1 fully saturated rings. The first kappa shape index (κ1) is 8.87. The molecule has 0 radical (unpaired) electrons. The maximum Gasteiger partial charge on any atom is 0.285 e. The van der Waals surface area contributed by atoms with Crippen molar-refractivity contribution in [2.75, 3.05) is 6.54 Å². The van der Waals surface area contributed by atoms with E-state index in [9.17, 15) is 8.78 Å². The third-order valence-electron chi connectivity index (χ3n) is 2.30. The summed E-state index contributed by atoms with van der Waals surface area (Å²) < 4.78 is 25.3. The van der Waals surface area contributed by atoms with E-state index in [1.165, 1.54) is 0 Å². The van der Waals surface area contributed by atoms with Crippen LogP contribution in [0.5, 0.6) is 0 Å². The van der Waals surface area contributed by atoms with Crippen LogP contribution in [0.1, 0.15) is 19.3 Å². The summed E-state index contributed by atoms with van der Waals surface area (Å²) in [7, 11) is 0. The van der Waals surface area contributed by atoms with Crippen molar-refractivity contribution in [2.45, 2.75) is 31.3 Å². The molecule has 1 atom stereocenters. The van der Waals surface area contributed by atoms with E-state index < -0.39 is 18.6 Å². The normalized spacial score (nSPS) is 22.9. The SMILES string of the molecule is NCC(F)(F)C(O)C1CCC1. The lowest BCUT2D eigenvalue weighted by Gasteiger charge is -2.34. The molecule has 1 aliphatic carbocycles. The van der Waals surface area contributed by atoms with Crippen molar-refractivity contribution < 1.29 is 13.9 Å². The molecule has 1 rings (SSSR count). The number of hydrogen-bond acceptors (Lipinski definition) is 2. The zero-order valence-electron chi connectivity index (χ0n) is 6.26. The van der Waals surface area contributed by atoms with Crippen LogP contribution in [0.2, 0.25) is 0 Å². The highest BCUT2D eigenvalue weighted by molar-refractivity contribution is 4.87. The first-order valence-corrected chi connectivity index (χ1v) is 3.84. The Hall–Kier alpha value is -0.220. The van der Waals surface area contributed by atoms with Gasteiger partial charge in [0.15, 0.2) is 0 Å². The van der Waals surface area contributed by atoms with Gasteiger partial charge in [-0.15, -0.1) is 0 Å². The molecule has 0 aromatic heterocycles. The van der Waals surface area contributed by atoms with E-state index in [1.807, 2.05) is 0 Å². The minimum Gasteiger partial charge on any atom is -0.387 e. The topological polar surface area (TPSA) is 46.2 Å². The molecule has 0 saturated heterocycles. The fourth-order valence-corrected chi connectivity index (χ4v) is 1.22. The van der Waals surface area contributed by atoms with Crippen molar-refractivity contribution in [3.63, 3.8) is 0 Å². The van der Waals surface area contributed by atoms with E-state index in [1.54, 1.807) is 0 Å². The third-order valence-corrected chi connectivity index (χ3v) is 2.30. The molecule has 3 N–H and O–H groups in total. The molecule has 0 heterocycles. The molecule has 4 heteroatoms. The molecule has 0 spiro atoms. The van der Waals surface area contributed by atoms with Gasteiger partial charge in [0.25, 0.3) is 5.92 Å². The molecule has 0 amide bonds. The lowest BCUT2D eigenvalue weighted by atomic mass is 9.79. The molecule has 11 heavy (non-hydrogen) atoms. The van der Waals surface area contributed by atoms with E-state index in [2.05, 4.69) is 0 Å². The van der Waals surface area contributed by atoms with Crippen LogP contribution in [0.15, 0.2) is 0 Å². The van der Waals surface area contributed by atoms with Crippen LogP contribution in [-0.2, 0) is 0 Å². The summed E-state index contributed by atoms with van der Waals surface area (Å²) in [5.41, 5.74) is 4.81. The van der Waals surface area contributed by atoms with Crippen molar-refractivity contribution in [2.24, 2.45) is 11.7 Å².